The van der Waals surface area contributed by atoms with Gasteiger partial charge in [-0.1, -0.05) is 15.4 Å². The highest BCUT2D eigenvalue weighted by molar-refractivity contribution is 7.98. The lowest BCUT2D eigenvalue weighted by atomic mass is 10.2. The molecule has 1 fully saturated rings. The van der Waals surface area contributed by atoms with Crippen LogP contribution < -0.4 is 10.8 Å². The van der Waals surface area contributed by atoms with Gasteiger partial charge in [0, 0.05) is 18.5 Å². The topological polar surface area (TPSA) is 159 Å². The molecular weight excluding hydrogens is 527 g/mol. The molecule has 3 N–H and O–H groups in total. The summed E-state index contributed by atoms with van der Waals surface area (Å²) < 4.78 is 71.9. The number of methoxy groups -OCH3 is 1. The first-order valence-electron chi connectivity index (χ1n) is 10.1. The van der Waals surface area contributed by atoms with Crippen LogP contribution in [0.3, 0.4) is 0 Å². The largest absolute Gasteiger partial charge is 0.468 e. The van der Waals surface area contributed by atoms with Gasteiger partial charge in [-0.15, -0.1) is 15.6 Å². The van der Waals surface area contributed by atoms with Crippen molar-refractivity contribution in [3.8, 4) is 10.4 Å². The van der Waals surface area contributed by atoms with Crippen LogP contribution in [0.4, 0.5) is 4.39 Å². The Balaban J connectivity index is 2.21. The summed E-state index contributed by atoms with van der Waals surface area (Å²) in [5.74, 6) is -2.67. The number of hydrogen-bond donors (Lipinski definition) is 3. The number of esters is 1. The second-order valence-corrected chi connectivity index (χ2v) is 13.3. The van der Waals surface area contributed by atoms with E-state index >= 15 is 0 Å². The molecule has 2 heterocycles. The maximum atomic E-state index is 14.1. The summed E-state index contributed by atoms with van der Waals surface area (Å²) in [6, 6.07) is 6.09. The molecule has 0 aliphatic carbocycles. The van der Waals surface area contributed by atoms with Crippen molar-refractivity contribution in [2.45, 2.75) is 10.3 Å². The fourth-order valence-corrected chi connectivity index (χ4v) is 10.2. The minimum atomic E-state index is -4.97. The minimum absolute atomic E-state index is 0.101. The Labute approximate surface area is 205 Å². The van der Waals surface area contributed by atoms with Crippen LogP contribution in [0, 0.1) is 5.82 Å². The fraction of sp³-hybridized carbons (Fsp3) is 0.368. The Morgan fingerprint density at radius 1 is 1.23 bits per heavy atom. The van der Waals surface area contributed by atoms with Gasteiger partial charge in [0.2, 0.25) is 6.04 Å². The number of carbonyl (C=O) groups is 2. The summed E-state index contributed by atoms with van der Waals surface area (Å²) in [5.41, 5.74) is 1.85. The highest BCUT2D eigenvalue weighted by Crippen LogP contribution is 2.40. The lowest BCUT2D eigenvalue weighted by molar-refractivity contribution is -0.700. The number of quaternary nitrogens is 1. The normalized spacial score (nSPS) is 21.0. The minimum Gasteiger partial charge on any atom is -0.468 e. The van der Waals surface area contributed by atoms with Gasteiger partial charge >= 0.3 is 32.1 Å². The number of carbonyl (C=O) groups excluding carboxylic acids is 2. The SMILES string of the molecule is COC(=O)CN(C)S(=O)(=O)[N+]1(S(=O)(=O)c2ccc(-c3ccc(F)cc3)s2)CCNC[C@@H]1C(=O)NO. The Morgan fingerprint density at radius 3 is 2.49 bits per heavy atom. The van der Waals surface area contributed by atoms with Crippen molar-refractivity contribution in [2.24, 2.45) is 0 Å². The summed E-state index contributed by atoms with van der Waals surface area (Å²) in [6.07, 6.45) is 0. The monoisotopic (exact) mass is 551 g/mol. The van der Waals surface area contributed by atoms with Crippen molar-refractivity contribution in [1.82, 2.24) is 15.1 Å². The summed E-state index contributed by atoms with van der Waals surface area (Å²) in [4.78, 5) is 24.8. The first-order chi connectivity index (χ1) is 16.4. The third-order valence-corrected chi connectivity index (χ3v) is 12.6. The second kappa shape index (κ2) is 10.3. The maximum absolute atomic E-state index is 14.1. The second-order valence-electron chi connectivity index (χ2n) is 7.56. The molecule has 192 valence electrons. The molecule has 0 bridgehead atoms. The van der Waals surface area contributed by atoms with Crippen molar-refractivity contribution in [2.75, 3.05) is 40.3 Å². The van der Waals surface area contributed by atoms with Crippen molar-refractivity contribution >= 4 is 43.4 Å². The van der Waals surface area contributed by atoms with Gasteiger partial charge in [-0.2, -0.15) is 16.8 Å². The first-order valence-corrected chi connectivity index (χ1v) is 13.7. The molecule has 0 spiro atoms. The summed E-state index contributed by atoms with van der Waals surface area (Å²) >= 11 is 0.743. The molecule has 0 saturated carbocycles. The molecule has 1 aliphatic heterocycles. The predicted molar refractivity (Wildman–Crippen MR) is 122 cm³/mol. The number of rotatable bonds is 8. The van der Waals surface area contributed by atoms with Crippen molar-refractivity contribution < 1.29 is 44.1 Å². The molecule has 1 unspecified atom stereocenters. The molecule has 35 heavy (non-hydrogen) atoms. The van der Waals surface area contributed by atoms with Crippen LogP contribution in [0.15, 0.2) is 40.6 Å². The van der Waals surface area contributed by atoms with E-state index in [0.29, 0.717) is 14.7 Å². The highest BCUT2D eigenvalue weighted by Gasteiger charge is 2.64. The predicted octanol–water partition coefficient (Wildman–Crippen LogP) is -0.113. The molecule has 12 nitrogen and oxygen atoms in total. The molecule has 2 atom stereocenters. The van der Waals surface area contributed by atoms with Crippen molar-refractivity contribution in [3.63, 3.8) is 0 Å². The lowest BCUT2D eigenvalue weighted by Gasteiger charge is -2.43. The number of hydrogen-bond acceptors (Lipinski definition) is 10. The molecular formula is C19H24FN4O8S3+. The molecule has 1 aromatic carbocycles. The Morgan fingerprint density at radius 2 is 1.89 bits per heavy atom. The van der Waals surface area contributed by atoms with Crippen LogP contribution in [0.5, 0.6) is 0 Å². The smallest absolute Gasteiger partial charge is 0.388 e. The van der Waals surface area contributed by atoms with Gasteiger partial charge in [0.1, 0.15) is 18.9 Å². The van der Waals surface area contributed by atoms with Crippen LogP contribution in [-0.2, 0) is 34.6 Å². The van der Waals surface area contributed by atoms with Crippen molar-refractivity contribution in [1.29, 1.82) is 0 Å². The van der Waals surface area contributed by atoms with Gasteiger partial charge in [-0.25, -0.2) is 9.87 Å². The maximum Gasteiger partial charge on any atom is 0.388 e. The number of ether oxygens (including phenoxy) is 1. The van der Waals surface area contributed by atoms with E-state index in [-0.39, 0.29) is 10.8 Å². The number of amides is 1. The van der Waals surface area contributed by atoms with Crippen LogP contribution in [0.2, 0.25) is 0 Å². The van der Waals surface area contributed by atoms with Crippen LogP contribution in [0.1, 0.15) is 0 Å². The van der Waals surface area contributed by atoms with Gasteiger partial charge in [0.05, 0.1) is 13.7 Å². The average molecular weight is 552 g/mol. The molecule has 2 aromatic rings. The zero-order chi connectivity index (χ0) is 26.0. The number of thiophene rings is 1. The Bertz CT molecular complexity index is 1310. The number of sulfonamides is 1. The molecule has 3 rings (SSSR count). The third-order valence-electron chi connectivity index (χ3n) is 5.56. The van der Waals surface area contributed by atoms with Gasteiger partial charge in [0.25, 0.3) is 0 Å². The molecule has 16 heteroatoms. The third kappa shape index (κ3) is 4.69. The van der Waals surface area contributed by atoms with Crippen LogP contribution in [0.25, 0.3) is 10.4 Å². The van der Waals surface area contributed by atoms with Crippen LogP contribution >= 0.6 is 11.3 Å². The first kappa shape index (κ1) is 27.1. The van der Waals surface area contributed by atoms with Gasteiger partial charge in [-0.3, -0.25) is 14.8 Å². The molecule has 1 aromatic heterocycles. The molecule has 1 saturated heterocycles. The highest BCUT2D eigenvalue weighted by atomic mass is 32.3. The lowest BCUT2D eigenvalue weighted by Crippen LogP contribution is -2.74. The summed E-state index contributed by atoms with van der Waals surface area (Å²) in [5, 5.41) is 12.0. The summed E-state index contributed by atoms with van der Waals surface area (Å²) in [7, 11) is -7.82. The number of likely N-dealkylation sites (N-methyl/N-ethyl adjacent to an activating group) is 1. The number of piperazine rings is 1. The Hall–Kier alpha value is -2.47. The summed E-state index contributed by atoms with van der Waals surface area (Å²) in [6.45, 7) is -1.90. The van der Waals surface area contributed by atoms with E-state index in [4.69, 9.17) is 0 Å². The number of benzene rings is 1. The quantitative estimate of drug-likeness (QED) is 0.176. The average Bonchev–Trinajstić information content (AvgIpc) is 3.34. The van der Waals surface area contributed by atoms with E-state index in [2.05, 4.69) is 10.1 Å². The van der Waals surface area contributed by atoms with E-state index < -0.39 is 66.9 Å². The Kier molecular flexibility index (Phi) is 7.95. The van der Waals surface area contributed by atoms with Crippen molar-refractivity contribution in [3.05, 3.63) is 42.2 Å². The number of halogens is 1. The number of nitrogens with one attached hydrogen (secondary N) is 2. The fourth-order valence-electron chi connectivity index (χ4n) is 3.75. The van der Waals surface area contributed by atoms with E-state index in [0.717, 1.165) is 25.5 Å². The van der Waals surface area contributed by atoms with E-state index in [1.165, 1.54) is 41.9 Å². The van der Waals surface area contributed by atoms with Crippen LogP contribution in [-0.4, -0.2) is 87.9 Å². The standard InChI is InChI=1S/C19H23FN4O8S3/c1-23(12-17(25)32-2)35(30,31)24(10-9-21-11-15(24)19(26)22-27)34(28,29)18-8-7-16(33-18)13-3-5-14(20)6-4-13/h3-8,15,21H,9-12H2,1-2H3,(H-,22,26,27)/p+1/t15-,24?/m1/s1. The molecule has 0 radical (unpaired) electrons. The van der Waals surface area contributed by atoms with E-state index in [1.807, 2.05) is 0 Å². The molecule has 1 amide bonds. The van der Waals surface area contributed by atoms with Gasteiger partial charge in [0.15, 0.2) is 4.21 Å². The number of nitrogens with zero attached hydrogens (tertiary/aromatic N) is 2. The van der Waals surface area contributed by atoms with E-state index in [9.17, 15) is 36.0 Å². The number of hydroxylamine groups is 1. The van der Waals surface area contributed by atoms with Gasteiger partial charge < -0.3 is 10.1 Å². The zero-order valence-corrected chi connectivity index (χ0v) is 21.1. The van der Waals surface area contributed by atoms with E-state index in [1.54, 1.807) is 0 Å². The van der Waals surface area contributed by atoms with Gasteiger partial charge in [-0.05, 0) is 29.8 Å². The zero-order valence-electron chi connectivity index (χ0n) is 18.7. The molecule has 1 aliphatic rings.